The molecule has 0 unspecified atom stereocenters. The minimum Gasteiger partial charge on any atom is -0.484 e. The van der Waals surface area contributed by atoms with E-state index >= 15 is 0 Å². The molecule has 2 aromatic rings. The van der Waals surface area contributed by atoms with Crippen LogP contribution >= 0.6 is 11.6 Å². The summed E-state index contributed by atoms with van der Waals surface area (Å²) in [4.78, 5) is 12.3. The molecule has 2 aromatic carbocycles. The maximum absolute atomic E-state index is 12.6. The number of amides is 1. The van der Waals surface area contributed by atoms with Crippen molar-refractivity contribution in [2.45, 2.75) is 44.7 Å². The quantitative estimate of drug-likeness (QED) is 0.713. The van der Waals surface area contributed by atoms with E-state index in [0.717, 1.165) is 5.56 Å². The first-order chi connectivity index (χ1) is 13.0. The van der Waals surface area contributed by atoms with Crippen molar-refractivity contribution in [2.75, 3.05) is 6.61 Å². The number of carbonyl (C=O) groups is 1. The third-order valence-corrected chi connectivity index (χ3v) is 5.77. The van der Waals surface area contributed by atoms with Crippen LogP contribution in [-0.4, -0.2) is 26.5 Å². The maximum Gasteiger partial charge on any atom is 0.258 e. The summed E-state index contributed by atoms with van der Waals surface area (Å²) in [5, 5.41) is 3.29. The van der Waals surface area contributed by atoms with Gasteiger partial charge < -0.3 is 10.1 Å². The summed E-state index contributed by atoms with van der Waals surface area (Å²) in [6, 6.07) is 11.7. The highest BCUT2D eigenvalue weighted by molar-refractivity contribution is 7.89. The molecular formula is C20H25ClN2O4S. The van der Waals surface area contributed by atoms with Crippen LogP contribution in [0.1, 0.15) is 31.9 Å². The molecule has 2 rings (SSSR count). The van der Waals surface area contributed by atoms with Gasteiger partial charge in [-0.1, -0.05) is 29.8 Å². The standard InChI is InChI=1S/C20H25ClN2O4S/c1-14-11-16(21)9-10-17(14)27-13-19(24)22-12-15-7-5-6-8-18(15)28(25,26)23-20(2,3)4/h5-11,23H,12-13H2,1-4H3,(H,22,24). The van der Waals surface area contributed by atoms with E-state index < -0.39 is 15.6 Å². The van der Waals surface area contributed by atoms with Crippen LogP contribution in [0.3, 0.4) is 0 Å². The highest BCUT2D eigenvalue weighted by atomic mass is 35.5. The predicted molar refractivity (Wildman–Crippen MR) is 110 cm³/mol. The van der Waals surface area contributed by atoms with Crippen molar-refractivity contribution in [2.24, 2.45) is 0 Å². The van der Waals surface area contributed by atoms with Gasteiger partial charge in [0.25, 0.3) is 5.91 Å². The van der Waals surface area contributed by atoms with Crippen molar-refractivity contribution in [3.8, 4) is 5.75 Å². The second-order valence-electron chi connectivity index (χ2n) is 7.44. The maximum atomic E-state index is 12.6. The molecule has 8 heteroatoms. The smallest absolute Gasteiger partial charge is 0.258 e. The van der Waals surface area contributed by atoms with Gasteiger partial charge in [0, 0.05) is 17.1 Å². The van der Waals surface area contributed by atoms with Gasteiger partial charge in [-0.15, -0.1) is 0 Å². The zero-order valence-electron chi connectivity index (χ0n) is 16.4. The molecular weight excluding hydrogens is 400 g/mol. The van der Waals surface area contributed by atoms with E-state index in [4.69, 9.17) is 16.3 Å². The Labute approximate surface area is 171 Å². The van der Waals surface area contributed by atoms with Gasteiger partial charge in [0.05, 0.1) is 4.90 Å². The number of carbonyl (C=O) groups excluding carboxylic acids is 1. The summed E-state index contributed by atoms with van der Waals surface area (Å²) in [5.74, 6) is 0.210. The van der Waals surface area contributed by atoms with Crippen molar-refractivity contribution in [1.82, 2.24) is 10.0 Å². The van der Waals surface area contributed by atoms with Gasteiger partial charge in [-0.2, -0.15) is 0 Å². The summed E-state index contributed by atoms with van der Waals surface area (Å²) >= 11 is 5.90. The Morgan fingerprint density at radius 3 is 2.46 bits per heavy atom. The lowest BCUT2D eigenvalue weighted by atomic mass is 10.1. The first-order valence-electron chi connectivity index (χ1n) is 8.75. The van der Waals surface area contributed by atoms with Crippen molar-refractivity contribution in [3.05, 3.63) is 58.6 Å². The molecule has 152 valence electrons. The summed E-state index contributed by atoms with van der Waals surface area (Å²) < 4.78 is 33.4. The van der Waals surface area contributed by atoms with Gasteiger partial charge in [-0.3, -0.25) is 4.79 Å². The molecule has 0 radical (unpaired) electrons. The van der Waals surface area contributed by atoms with E-state index in [2.05, 4.69) is 10.0 Å². The van der Waals surface area contributed by atoms with E-state index in [1.165, 1.54) is 6.07 Å². The van der Waals surface area contributed by atoms with Crippen molar-refractivity contribution in [3.63, 3.8) is 0 Å². The van der Waals surface area contributed by atoms with Gasteiger partial charge in [0.15, 0.2) is 6.61 Å². The van der Waals surface area contributed by atoms with Gasteiger partial charge in [0.2, 0.25) is 10.0 Å². The van der Waals surface area contributed by atoms with Crippen LogP contribution < -0.4 is 14.8 Å². The van der Waals surface area contributed by atoms with Crippen LogP contribution in [0.5, 0.6) is 5.75 Å². The molecule has 0 fully saturated rings. The normalized spacial score (nSPS) is 11.9. The van der Waals surface area contributed by atoms with Crippen LogP contribution in [0.25, 0.3) is 0 Å². The van der Waals surface area contributed by atoms with E-state index in [1.54, 1.807) is 57.2 Å². The molecule has 0 aliphatic rings. The Bertz CT molecular complexity index is 953. The second-order valence-corrected chi connectivity index (χ2v) is 9.53. The lowest BCUT2D eigenvalue weighted by Crippen LogP contribution is -2.41. The zero-order chi connectivity index (χ0) is 20.9. The summed E-state index contributed by atoms with van der Waals surface area (Å²) in [5.41, 5.74) is 0.708. The molecule has 0 saturated heterocycles. The van der Waals surface area contributed by atoms with E-state index in [9.17, 15) is 13.2 Å². The minimum atomic E-state index is -3.71. The fraction of sp³-hybridized carbons (Fsp3) is 0.350. The van der Waals surface area contributed by atoms with Crippen LogP contribution in [0, 0.1) is 6.92 Å². The molecule has 1 amide bonds. The van der Waals surface area contributed by atoms with Gasteiger partial charge in [-0.25, -0.2) is 13.1 Å². The Morgan fingerprint density at radius 2 is 1.82 bits per heavy atom. The van der Waals surface area contributed by atoms with E-state index in [-0.39, 0.29) is 24.0 Å². The van der Waals surface area contributed by atoms with Gasteiger partial charge >= 0.3 is 0 Å². The molecule has 0 atom stereocenters. The third kappa shape index (κ3) is 6.51. The van der Waals surface area contributed by atoms with Crippen molar-refractivity contribution >= 4 is 27.5 Å². The highest BCUT2D eigenvalue weighted by Crippen LogP contribution is 2.22. The first kappa shape index (κ1) is 22.2. The molecule has 0 aromatic heterocycles. The molecule has 0 saturated carbocycles. The molecule has 0 spiro atoms. The third-order valence-electron chi connectivity index (χ3n) is 3.67. The number of nitrogens with one attached hydrogen (secondary N) is 2. The van der Waals surface area contributed by atoms with Crippen LogP contribution in [0.15, 0.2) is 47.4 Å². The van der Waals surface area contributed by atoms with Crippen molar-refractivity contribution < 1.29 is 17.9 Å². The number of halogens is 1. The van der Waals surface area contributed by atoms with Crippen molar-refractivity contribution in [1.29, 1.82) is 0 Å². The number of hydrogen-bond donors (Lipinski definition) is 2. The molecule has 0 aliphatic heterocycles. The minimum absolute atomic E-state index is 0.0724. The van der Waals surface area contributed by atoms with Crippen LogP contribution in [-0.2, 0) is 21.4 Å². The fourth-order valence-electron chi connectivity index (χ4n) is 2.53. The first-order valence-corrected chi connectivity index (χ1v) is 10.6. The molecule has 6 nitrogen and oxygen atoms in total. The topological polar surface area (TPSA) is 84.5 Å². The molecule has 2 N–H and O–H groups in total. The summed E-state index contributed by atoms with van der Waals surface area (Å²) in [6.07, 6.45) is 0. The number of benzene rings is 2. The second kappa shape index (κ2) is 8.94. The van der Waals surface area contributed by atoms with E-state index in [1.807, 2.05) is 6.92 Å². The Morgan fingerprint density at radius 1 is 1.14 bits per heavy atom. The SMILES string of the molecule is Cc1cc(Cl)ccc1OCC(=O)NCc1ccccc1S(=O)(=O)NC(C)(C)C. The average molecular weight is 425 g/mol. The molecule has 0 aliphatic carbocycles. The summed E-state index contributed by atoms with van der Waals surface area (Å²) in [7, 11) is -3.71. The lowest BCUT2D eigenvalue weighted by molar-refractivity contribution is -0.123. The fourth-order valence-corrected chi connectivity index (χ4v) is 4.42. The molecule has 0 bridgehead atoms. The highest BCUT2D eigenvalue weighted by Gasteiger charge is 2.24. The zero-order valence-corrected chi connectivity index (χ0v) is 17.9. The summed E-state index contributed by atoms with van der Waals surface area (Å²) in [6.45, 7) is 7.03. The van der Waals surface area contributed by atoms with Gasteiger partial charge in [0.1, 0.15) is 5.75 Å². The number of ether oxygens (including phenoxy) is 1. The van der Waals surface area contributed by atoms with Crippen LogP contribution in [0.4, 0.5) is 0 Å². The molecule has 0 heterocycles. The number of sulfonamides is 1. The van der Waals surface area contributed by atoms with E-state index in [0.29, 0.717) is 16.3 Å². The Kier molecular flexibility index (Phi) is 7.09. The number of rotatable bonds is 7. The average Bonchev–Trinajstić information content (AvgIpc) is 2.57. The largest absolute Gasteiger partial charge is 0.484 e. The van der Waals surface area contributed by atoms with Crippen LogP contribution in [0.2, 0.25) is 5.02 Å². The molecule has 28 heavy (non-hydrogen) atoms. The predicted octanol–water partition coefficient (Wildman–Crippen LogP) is 3.42. The number of hydrogen-bond acceptors (Lipinski definition) is 4. The lowest BCUT2D eigenvalue weighted by Gasteiger charge is -2.21. The monoisotopic (exact) mass is 424 g/mol. The Hall–Kier alpha value is -2.09. The number of aryl methyl sites for hydroxylation is 1. The Balaban J connectivity index is 2.02. The van der Waals surface area contributed by atoms with Gasteiger partial charge in [-0.05, 0) is 63.1 Å².